The zero-order valence-electron chi connectivity index (χ0n) is 14.7. The second-order valence-corrected chi connectivity index (χ2v) is 9.37. The summed E-state index contributed by atoms with van der Waals surface area (Å²) in [6.07, 6.45) is 1.47. The van der Waals surface area contributed by atoms with Crippen molar-refractivity contribution in [3.8, 4) is 0 Å². The quantitative estimate of drug-likeness (QED) is 0.793. The molecule has 1 aromatic rings. The molecular weight excluding hydrogens is 318 g/mol. The smallest absolute Gasteiger partial charge is 0.399 e. The van der Waals surface area contributed by atoms with Crippen LogP contribution in [0.15, 0.2) is 22.6 Å². The van der Waals surface area contributed by atoms with Gasteiger partial charge < -0.3 is 9.31 Å². The van der Waals surface area contributed by atoms with Gasteiger partial charge in [0.15, 0.2) is 0 Å². The van der Waals surface area contributed by atoms with E-state index in [4.69, 9.17) is 9.31 Å². The first-order valence-corrected chi connectivity index (χ1v) is 9.29. The standard InChI is InChI=1S/C15H24BFN2O3S/c1-14(2)15(3,4)22-16(21-14)11-9-8-10-12(13(11)17)18-23(7,20)19(5)6/h8-10H,1-7H3. The van der Waals surface area contributed by atoms with Gasteiger partial charge in [0, 0.05) is 25.8 Å². The summed E-state index contributed by atoms with van der Waals surface area (Å²) < 4.78 is 44.5. The van der Waals surface area contributed by atoms with Gasteiger partial charge >= 0.3 is 7.12 Å². The molecule has 128 valence electrons. The van der Waals surface area contributed by atoms with Crippen molar-refractivity contribution in [1.29, 1.82) is 0 Å². The third-order valence-electron chi connectivity index (χ3n) is 4.46. The van der Waals surface area contributed by atoms with E-state index in [1.165, 1.54) is 16.6 Å². The molecule has 1 fully saturated rings. The van der Waals surface area contributed by atoms with Crippen LogP contribution in [0, 0.1) is 5.82 Å². The zero-order valence-corrected chi connectivity index (χ0v) is 15.5. The van der Waals surface area contributed by atoms with Crippen molar-refractivity contribution in [3.05, 3.63) is 24.0 Å². The minimum Gasteiger partial charge on any atom is -0.399 e. The van der Waals surface area contributed by atoms with Crippen molar-refractivity contribution in [1.82, 2.24) is 4.31 Å². The van der Waals surface area contributed by atoms with Gasteiger partial charge in [-0.15, -0.1) is 0 Å². The Morgan fingerprint density at radius 3 is 2.17 bits per heavy atom. The van der Waals surface area contributed by atoms with Gasteiger partial charge in [-0.05, 0) is 33.8 Å². The Bertz CT molecular complexity index is 711. The van der Waals surface area contributed by atoms with Crippen molar-refractivity contribution in [2.75, 3.05) is 20.4 Å². The van der Waals surface area contributed by atoms with Crippen molar-refractivity contribution < 1.29 is 17.9 Å². The van der Waals surface area contributed by atoms with Crippen LogP contribution in [-0.2, 0) is 19.2 Å². The topological polar surface area (TPSA) is 51.1 Å². The largest absolute Gasteiger partial charge is 0.497 e. The molecule has 1 aliphatic heterocycles. The van der Waals surface area contributed by atoms with E-state index in [1.54, 1.807) is 26.2 Å². The van der Waals surface area contributed by atoms with Crippen LogP contribution in [-0.4, -0.2) is 47.2 Å². The van der Waals surface area contributed by atoms with E-state index in [-0.39, 0.29) is 11.2 Å². The number of benzene rings is 1. The highest BCUT2D eigenvalue weighted by atomic mass is 32.2. The monoisotopic (exact) mass is 342 g/mol. The SMILES string of the molecule is CN(C)S(C)(=O)=Nc1cccc(B2OC(C)(C)C(C)(C)O2)c1F. The maximum atomic E-state index is 14.8. The van der Waals surface area contributed by atoms with E-state index in [9.17, 15) is 8.60 Å². The fourth-order valence-corrected chi connectivity index (χ4v) is 2.69. The van der Waals surface area contributed by atoms with E-state index in [0.717, 1.165) is 0 Å². The fraction of sp³-hybridized carbons (Fsp3) is 0.600. The molecule has 0 radical (unpaired) electrons. The Morgan fingerprint density at radius 1 is 1.17 bits per heavy atom. The van der Waals surface area contributed by atoms with E-state index in [2.05, 4.69) is 4.36 Å². The molecule has 0 amide bonds. The van der Waals surface area contributed by atoms with Crippen molar-refractivity contribution in [2.45, 2.75) is 38.9 Å². The summed E-state index contributed by atoms with van der Waals surface area (Å²) in [5, 5.41) is 0. The molecule has 0 bridgehead atoms. The summed E-state index contributed by atoms with van der Waals surface area (Å²) in [4.78, 5) is 0. The minimum absolute atomic E-state index is 0.0402. The van der Waals surface area contributed by atoms with Crippen molar-refractivity contribution >= 4 is 28.2 Å². The summed E-state index contributed by atoms with van der Waals surface area (Å²) in [5.74, 6) is -0.567. The van der Waals surface area contributed by atoms with Gasteiger partial charge in [0.1, 0.15) is 21.4 Å². The van der Waals surface area contributed by atoms with E-state index in [0.29, 0.717) is 0 Å². The van der Waals surface area contributed by atoms with Crippen LogP contribution in [0.25, 0.3) is 0 Å². The lowest BCUT2D eigenvalue weighted by molar-refractivity contribution is 0.00578. The van der Waals surface area contributed by atoms with Gasteiger partial charge in [0.25, 0.3) is 0 Å². The fourth-order valence-electron chi connectivity index (χ4n) is 2.02. The second-order valence-electron chi connectivity index (χ2n) is 6.93. The maximum absolute atomic E-state index is 14.8. The third-order valence-corrected chi connectivity index (χ3v) is 6.35. The summed E-state index contributed by atoms with van der Waals surface area (Å²) in [7, 11) is -0.209. The Labute approximate surface area is 138 Å². The molecule has 8 heteroatoms. The highest BCUT2D eigenvalue weighted by molar-refractivity contribution is 7.90. The summed E-state index contributed by atoms with van der Waals surface area (Å²) >= 11 is 0. The molecule has 1 saturated heterocycles. The van der Waals surface area contributed by atoms with Crippen LogP contribution in [0.3, 0.4) is 0 Å². The average Bonchev–Trinajstić information content (AvgIpc) is 2.60. The molecule has 0 aliphatic carbocycles. The van der Waals surface area contributed by atoms with E-state index >= 15 is 0 Å². The highest BCUT2D eigenvalue weighted by Gasteiger charge is 2.52. The number of hydrogen-bond donors (Lipinski definition) is 0. The molecule has 1 atom stereocenters. The molecule has 23 heavy (non-hydrogen) atoms. The minimum atomic E-state index is -2.67. The molecule has 1 aliphatic rings. The molecule has 2 rings (SSSR count). The van der Waals surface area contributed by atoms with Gasteiger partial charge in [-0.2, -0.15) is 4.36 Å². The molecule has 0 spiro atoms. The Balaban J connectivity index is 2.45. The number of halogens is 1. The lowest BCUT2D eigenvalue weighted by atomic mass is 9.78. The van der Waals surface area contributed by atoms with Crippen LogP contribution in [0.5, 0.6) is 0 Å². The lowest BCUT2D eigenvalue weighted by Gasteiger charge is -2.32. The molecule has 0 saturated carbocycles. The first-order chi connectivity index (χ1) is 10.4. The summed E-state index contributed by atoms with van der Waals surface area (Å²) in [6.45, 7) is 7.63. The number of rotatable bonds is 3. The number of nitrogens with zero attached hydrogens (tertiary/aromatic N) is 2. The van der Waals surface area contributed by atoms with Crippen LogP contribution in [0.2, 0.25) is 0 Å². The lowest BCUT2D eigenvalue weighted by Crippen LogP contribution is -2.41. The molecule has 1 aromatic carbocycles. The van der Waals surface area contributed by atoms with E-state index < -0.39 is 34.1 Å². The Morgan fingerprint density at radius 2 is 1.70 bits per heavy atom. The predicted molar refractivity (Wildman–Crippen MR) is 92.0 cm³/mol. The predicted octanol–water partition coefficient (Wildman–Crippen LogP) is 2.33. The van der Waals surface area contributed by atoms with Crippen molar-refractivity contribution in [3.63, 3.8) is 0 Å². The van der Waals surface area contributed by atoms with Gasteiger partial charge in [-0.25, -0.2) is 12.9 Å². The molecule has 1 heterocycles. The van der Waals surface area contributed by atoms with Gasteiger partial charge in [0.05, 0.1) is 11.2 Å². The Hall–Kier alpha value is -0.955. The highest BCUT2D eigenvalue weighted by Crippen LogP contribution is 2.37. The first kappa shape index (κ1) is 18.4. The molecule has 0 N–H and O–H groups in total. The van der Waals surface area contributed by atoms with Crippen LogP contribution in [0.4, 0.5) is 10.1 Å². The molecule has 1 unspecified atom stereocenters. The van der Waals surface area contributed by atoms with Crippen LogP contribution in [0.1, 0.15) is 27.7 Å². The molecule has 5 nitrogen and oxygen atoms in total. The number of hydrogen-bond acceptors (Lipinski definition) is 4. The van der Waals surface area contributed by atoms with Gasteiger partial charge in [-0.1, -0.05) is 12.1 Å². The summed E-state index contributed by atoms with van der Waals surface area (Å²) in [6, 6.07) is 4.76. The normalized spacial score (nSPS) is 22.2. The molecule has 0 aromatic heterocycles. The van der Waals surface area contributed by atoms with Gasteiger partial charge in [-0.3, -0.25) is 0 Å². The first-order valence-electron chi connectivity index (χ1n) is 7.41. The van der Waals surface area contributed by atoms with Crippen molar-refractivity contribution in [2.24, 2.45) is 4.36 Å². The van der Waals surface area contributed by atoms with Crippen LogP contribution < -0.4 is 5.46 Å². The van der Waals surface area contributed by atoms with Crippen LogP contribution >= 0.6 is 0 Å². The maximum Gasteiger partial charge on any atom is 0.497 e. The van der Waals surface area contributed by atoms with Gasteiger partial charge in [0.2, 0.25) is 0 Å². The zero-order chi connectivity index (χ0) is 17.6. The second kappa shape index (κ2) is 5.84. The Kier molecular flexibility index (Phi) is 4.67. The third kappa shape index (κ3) is 3.45. The average molecular weight is 342 g/mol. The molecular formula is C15H24BFN2O3S. The van der Waals surface area contributed by atoms with E-state index in [1.807, 2.05) is 27.7 Å². The summed E-state index contributed by atoms with van der Waals surface area (Å²) in [5.41, 5.74) is -0.810.